The van der Waals surface area contributed by atoms with Crippen LogP contribution in [-0.4, -0.2) is 13.6 Å². The summed E-state index contributed by atoms with van der Waals surface area (Å²) in [5.41, 5.74) is 7.99. The Hall–Kier alpha value is -1.70. The highest BCUT2D eigenvalue weighted by Crippen LogP contribution is 2.17. The Bertz CT molecular complexity index is 716. The number of rotatable bonds is 5. The monoisotopic (exact) mass is 309 g/mol. The van der Waals surface area contributed by atoms with Gasteiger partial charge in [-0.2, -0.15) is 0 Å². The predicted octanol–water partition coefficient (Wildman–Crippen LogP) is 1.79. The topological polar surface area (TPSA) is 98.2 Å². The molecule has 1 atom stereocenters. The molecule has 6 nitrogen and oxygen atoms in total. The van der Waals surface area contributed by atoms with Crippen molar-refractivity contribution in [2.24, 2.45) is 5.73 Å². The maximum Gasteiger partial charge on any atom is 0.240 e. The molecule has 2 rings (SSSR count). The molecule has 0 radical (unpaired) electrons. The summed E-state index contributed by atoms with van der Waals surface area (Å²) in [6, 6.07) is 6.39. The van der Waals surface area contributed by atoms with E-state index in [4.69, 9.17) is 10.3 Å². The van der Waals surface area contributed by atoms with Gasteiger partial charge in [0.1, 0.15) is 5.76 Å². The van der Waals surface area contributed by atoms with E-state index in [1.807, 2.05) is 6.92 Å². The van der Waals surface area contributed by atoms with E-state index in [1.165, 1.54) is 0 Å². The average molecular weight is 309 g/mol. The fourth-order valence-electron chi connectivity index (χ4n) is 1.97. The molecule has 0 bridgehead atoms. The van der Waals surface area contributed by atoms with Gasteiger partial charge in [-0.1, -0.05) is 17.3 Å². The van der Waals surface area contributed by atoms with Crippen LogP contribution in [0.1, 0.15) is 35.5 Å². The quantitative estimate of drug-likeness (QED) is 0.877. The van der Waals surface area contributed by atoms with Crippen molar-refractivity contribution in [3.63, 3.8) is 0 Å². The molecule has 114 valence electrons. The van der Waals surface area contributed by atoms with Gasteiger partial charge in [0.05, 0.1) is 10.6 Å². The first-order valence-corrected chi connectivity index (χ1v) is 8.06. The van der Waals surface area contributed by atoms with Gasteiger partial charge < -0.3 is 10.3 Å². The van der Waals surface area contributed by atoms with Gasteiger partial charge in [-0.15, -0.1) is 0 Å². The van der Waals surface area contributed by atoms with Crippen molar-refractivity contribution in [3.8, 4) is 0 Å². The van der Waals surface area contributed by atoms with E-state index in [-0.39, 0.29) is 17.5 Å². The number of aryl methyl sites for hydroxylation is 2. The van der Waals surface area contributed by atoms with Crippen LogP contribution in [0.3, 0.4) is 0 Å². The van der Waals surface area contributed by atoms with Gasteiger partial charge in [-0.25, -0.2) is 13.1 Å². The minimum atomic E-state index is -3.60. The number of nitrogens with one attached hydrogen (secondary N) is 1. The van der Waals surface area contributed by atoms with Gasteiger partial charge >= 0.3 is 0 Å². The highest BCUT2D eigenvalue weighted by Gasteiger charge is 2.17. The van der Waals surface area contributed by atoms with Crippen molar-refractivity contribution in [1.29, 1.82) is 0 Å². The van der Waals surface area contributed by atoms with E-state index in [1.54, 1.807) is 38.1 Å². The second-order valence-electron chi connectivity index (χ2n) is 4.99. The summed E-state index contributed by atoms with van der Waals surface area (Å²) >= 11 is 0. The van der Waals surface area contributed by atoms with Gasteiger partial charge in [0.2, 0.25) is 10.0 Å². The lowest BCUT2D eigenvalue weighted by molar-refractivity contribution is 0.392. The van der Waals surface area contributed by atoms with E-state index in [0.717, 1.165) is 11.1 Å². The summed E-state index contributed by atoms with van der Waals surface area (Å²) in [6.07, 6.45) is 0. The van der Waals surface area contributed by atoms with Crippen molar-refractivity contribution < 1.29 is 12.9 Å². The van der Waals surface area contributed by atoms with Gasteiger partial charge in [0.25, 0.3) is 0 Å². The van der Waals surface area contributed by atoms with Crippen molar-refractivity contribution in [3.05, 3.63) is 46.8 Å². The van der Waals surface area contributed by atoms with Crippen LogP contribution in [0.5, 0.6) is 0 Å². The molecule has 0 aliphatic rings. The van der Waals surface area contributed by atoms with Crippen LogP contribution in [0.4, 0.5) is 0 Å². The van der Waals surface area contributed by atoms with E-state index in [0.29, 0.717) is 11.5 Å². The molecule has 0 saturated heterocycles. The molecule has 0 aliphatic carbocycles. The highest BCUT2D eigenvalue weighted by molar-refractivity contribution is 7.89. The first-order valence-electron chi connectivity index (χ1n) is 6.58. The Labute approximate surface area is 124 Å². The van der Waals surface area contributed by atoms with Crippen molar-refractivity contribution in [2.75, 3.05) is 0 Å². The van der Waals surface area contributed by atoms with Gasteiger partial charge in [-0.05, 0) is 38.5 Å². The summed E-state index contributed by atoms with van der Waals surface area (Å²) < 4.78 is 32.2. The lowest BCUT2D eigenvalue weighted by Crippen LogP contribution is -2.24. The standard InChI is InChI=1S/C14H19N3O3S/c1-9(15)12-5-4-6-13(7-12)21(18,19)16-8-14-10(2)17-20-11(14)3/h4-7,9,16H,8,15H2,1-3H3. The van der Waals surface area contributed by atoms with Crippen LogP contribution < -0.4 is 10.5 Å². The molecule has 21 heavy (non-hydrogen) atoms. The summed E-state index contributed by atoms with van der Waals surface area (Å²) in [5, 5.41) is 3.80. The number of sulfonamides is 1. The summed E-state index contributed by atoms with van der Waals surface area (Å²) in [7, 11) is -3.60. The molecule has 7 heteroatoms. The number of nitrogens with zero attached hydrogens (tertiary/aromatic N) is 1. The van der Waals surface area contributed by atoms with Crippen LogP contribution in [0.25, 0.3) is 0 Å². The van der Waals surface area contributed by atoms with Crippen LogP contribution in [0, 0.1) is 13.8 Å². The number of aromatic nitrogens is 1. The van der Waals surface area contributed by atoms with Gasteiger partial charge in [0.15, 0.2) is 0 Å². The second kappa shape index (κ2) is 5.97. The van der Waals surface area contributed by atoms with Crippen molar-refractivity contribution in [2.45, 2.75) is 38.3 Å². The van der Waals surface area contributed by atoms with E-state index in [9.17, 15) is 8.42 Å². The predicted molar refractivity (Wildman–Crippen MR) is 79.0 cm³/mol. The molecule has 1 heterocycles. The molecular weight excluding hydrogens is 290 g/mol. The lowest BCUT2D eigenvalue weighted by atomic mass is 10.1. The molecule has 2 aromatic rings. The Morgan fingerprint density at radius 3 is 2.67 bits per heavy atom. The highest BCUT2D eigenvalue weighted by atomic mass is 32.2. The van der Waals surface area contributed by atoms with E-state index >= 15 is 0 Å². The fraction of sp³-hybridized carbons (Fsp3) is 0.357. The molecule has 0 aliphatic heterocycles. The molecule has 1 aromatic heterocycles. The Balaban J connectivity index is 2.21. The second-order valence-corrected chi connectivity index (χ2v) is 6.76. The third kappa shape index (κ3) is 3.49. The Kier molecular flexibility index (Phi) is 4.46. The summed E-state index contributed by atoms with van der Waals surface area (Å²) in [6.45, 7) is 5.48. The first kappa shape index (κ1) is 15.7. The lowest BCUT2D eigenvalue weighted by Gasteiger charge is -2.10. The SMILES string of the molecule is Cc1noc(C)c1CNS(=O)(=O)c1cccc(C(C)N)c1. The zero-order valence-corrected chi connectivity index (χ0v) is 13.1. The number of hydrogen-bond acceptors (Lipinski definition) is 5. The Morgan fingerprint density at radius 2 is 2.10 bits per heavy atom. The largest absolute Gasteiger partial charge is 0.361 e. The molecule has 0 spiro atoms. The van der Waals surface area contributed by atoms with E-state index in [2.05, 4.69) is 9.88 Å². The normalized spacial score (nSPS) is 13.3. The molecule has 0 amide bonds. The minimum absolute atomic E-state index is 0.145. The summed E-state index contributed by atoms with van der Waals surface area (Å²) in [4.78, 5) is 0.198. The van der Waals surface area contributed by atoms with Gasteiger partial charge in [-0.3, -0.25) is 0 Å². The van der Waals surface area contributed by atoms with Crippen molar-refractivity contribution in [1.82, 2.24) is 9.88 Å². The number of nitrogens with two attached hydrogens (primary N) is 1. The van der Waals surface area contributed by atoms with E-state index < -0.39 is 10.0 Å². The average Bonchev–Trinajstić information content (AvgIpc) is 2.76. The fourth-order valence-corrected chi connectivity index (χ4v) is 3.02. The zero-order valence-electron chi connectivity index (χ0n) is 12.3. The smallest absolute Gasteiger partial charge is 0.240 e. The molecule has 1 unspecified atom stereocenters. The molecule has 3 N–H and O–H groups in total. The van der Waals surface area contributed by atoms with Crippen LogP contribution in [-0.2, 0) is 16.6 Å². The maximum atomic E-state index is 12.3. The third-order valence-corrected chi connectivity index (χ3v) is 4.71. The van der Waals surface area contributed by atoms with Gasteiger partial charge in [0, 0.05) is 18.2 Å². The summed E-state index contributed by atoms with van der Waals surface area (Å²) in [5.74, 6) is 0.611. The Morgan fingerprint density at radius 1 is 1.38 bits per heavy atom. The maximum absolute atomic E-state index is 12.3. The number of hydrogen-bond donors (Lipinski definition) is 2. The van der Waals surface area contributed by atoms with Crippen LogP contribution in [0.15, 0.2) is 33.7 Å². The third-order valence-electron chi connectivity index (χ3n) is 3.31. The molecular formula is C14H19N3O3S. The van der Waals surface area contributed by atoms with Crippen LogP contribution in [0.2, 0.25) is 0 Å². The molecule has 0 saturated carbocycles. The minimum Gasteiger partial charge on any atom is -0.361 e. The van der Waals surface area contributed by atoms with Crippen molar-refractivity contribution >= 4 is 10.0 Å². The van der Waals surface area contributed by atoms with Crippen LogP contribution >= 0.6 is 0 Å². The first-order chi connectivity index (χ1) is 9.81. The zero-order chi connectivity index (χ0) is 15.6. The molecule has 1 aromatic carbocycles. The molecule has 0 fully saturated rings. The number of benzene rings is 1.